The maximum atomic E-state index is 13.6. The molecule has 2 aromatic carbocycles. The van der Waals surface area contributed by atoms with Crippen molar-refractivity contribution in [3.8, 4) is 11.4 Å². The second-order valence-electron chi connectivity index (χ2n) is 8.41. The van der Waals surface area contributed by atoms with Crippen molar-refractivity contribution in [3.63, 3.8) is 0 Å². The van der Waals surface area contributed by atoms with E-state index in [1.165, 1.54) is 0 Å². The highest BCUT2D eigenvalue weighted by atomic mass is 19.4. The predicted octanol–water partition coefficient (Wildman–Crippen LogP) is 5.27. The van der Waals surface area contributed by atoms with E-state index in [1.54, 1.807) is 36.5 Å². The number of hydrazone groups is 1. The zero-order valence-electron chi connectivity index (χ0n) is 20.0. The molecule has 0 aliphatic carbocycles. The molecule has 0 spiro atoms. The molecule has 0 amide bonds. The van der Waals surface area contributed by atoms with Gasteiger partial charge in [-0.05, 0) is 24.6 Å². The van der Waals surface area contributed by atoms with Gasteiger partial charge in [0, 0.05) is 35.8 Å². The number of hydrogen-bond acceptors (Lipinski definition) is 7. The number of H-pyrrole nitrogens is 1. The lowest BCUT2D eigenvalue weighted by Crippen LogP contribution is -2.38. The minimum atomic E-state index is -4.64. The van der Waals surface area contributed by atoms with Gasteiger partial charge in [0.1, 0.15) is 5.71 Å². The molecule has 8 nitrogen and oxygen atoms in total. The zero-order valence-corrected chi connectivity index (χ0v) is 20.0. The highest BCUT2D eigenvalue weighted by molar-refractivity contribution is 5.94. The first-order chi connectivity index (χ1) is 17.8. The summed E-state index contributed by atoms with van der Waals surface area (Å²) in [4.78, 5) is 19.0. The van der Waals surface area contributed by atoms with Crippen LogP contribution in [0.5, 0.6) is 0 Å². The largest absolute Gasteiger partial charge is 0.430 e. The monoisotopic (exact) mass is 507 g/mol. The number of benzene rings is 2. The summed E-state index contributed by atoms with van der Waals surface area (Å²) in [5.74, 6) is 0.556. The normalized spacial score (nSPS) is 14.7. The van der Waals surface area contributed by atoms with Crippen LogP contribution < -0.4 is 9.91 Å². The Morgan fingerprint density at radius 2 is 1.78 bits per heavy atom. The zero-order chi connectivity index (χ0) is 26.0. The number of anilines is 2. The second-order valence-corrected chi connectivity index (χ2v) is 8.41. The van der Waals surface area contributed by atoms with Crippen molar-refractivity contribution in [2.24, 2.45) is 5.10 Å². The fourth-order valence-electron chi connectivity index (χ4n) is 3.94. The number of halogens is 3. The van der Waals surface area contributed by atoms with E-state index in [9.17, 15) is 13.2 Å². The fraction of sp³-hybridized carbons (Fsp3) is 0.231. The average Bonchev–Trinajstić information content (AvgIpc) is 3.40. The summed E-state index contributed by atoms with van der Waals surface area (Å²) in [5.41, 5.74) is 1.28. The molecule has 0 saturated carbocycles. The number of hydrogen-bond donors (Lipinski definition) is 1. The summed E-state index contributed by atoms with van der Waals surface area (Å²) in [7, 11) is 0. The second kappa shape index (κ2) is 10.0. The van der Waals surface area contributed by atoms with Crippen LogP contribution in [0, 0.1) is 0 Å². The van der Waals surface area contributed by atoms with E-state index in [0.29, 0.717) is 49.2 Å². The van der Waals surface area contributed by atoms with E-state index >= 15 is 0 Å². The topological polar surface area (TPSA) is 82.5 Å². The van der Waals surface area contributed by atoms with Gasteiger partial charge in [-0.1, -0.05) is 49.0 Å². The highest BCUT2D eigenvalue weighted by Gasteiger charge is 2.34. The summed E-state index contributed by atoms with van der Waals surface area (Å²) in [6.07, 6.45) is -2.84. The van der Waals surface area contributed by atoms with Gasteiger partial charge in [-0.15, -0.1) is 0 Å². The van der Waals surface area contributed by atoms with Crippen molar-refractivity contribution in [1.82, 2.24) is 19.9 Å². The van der Waals surface area contributed by atoms with Gasteiger partial charge in [0.2, 0.25) is 5.95 Å². The molecule has 11 heteroatoms. The number of fused-ring (bicyclic) bond motifs is 1. The summed E-state index contributed by atoms with van der Waals surface area (Å²) < 4.78 is 46.2. The molecule has 1 saturated heterocycles. The summed E-state index contributed by atoms with van der Waals surface area (Å²) >= 11 is 0. The molecule has 1 aliphatic rings. The van der Waals surface area contributed by atoms with Crippen LogP contribution in [0.1, 0.15) is 12.5 Å². The highest BCUT2D eigenvalue weighted by Crippen LogP contribution is 2.31. The van der Waals surface area contributed by atoms with Crippen LogP contribution >= 0.6 is 0 Å². The maximum absolute atomic E-state index is 13.6. The minimum absolute atomic E-state index is 0.0727. The molecule has 190 valence electrons. The lowest BCUT2D eigenvalue weighted by atomic mass is 10.1. The summed E-state index contributed by atoms with van der Waals surface area (Å²) in [6, 6.07) is 16.4. The van der Waals surface area contributed by atoms with Gasteiger partial charge >= 0.3 is 6.18 Å². The van der Waals surface area contributed by atoms with Crippen LogP contribution in [-0.4, -0.2) is 58.1 Å². The number of nitrogens with one attached hydrogen (secondary N) is 1. The van der Waals surface area contributed by atoms with Gasteiger partial charge in [0.15, 0.2) is 5.82 Å². The smallest absolute Gasteiger partial charge is 0.378 e. The van der Waals surface area contributed by atoms with E-state index in [0.717, 1.165) is 22.8 Å². The van der Waals surface area contributed by atoms with Crippen LogP contribution in [0.4, 0.5) is 25.1 Å². The van der Waals surface area contributed by atoms with E-state index in [2.05, 4.69) is 26.6 Å². The van der Waals surface area contributed by atoms with Crippen LogP contribution in [0.15, 0.2) is 72.5 Å². The quantitative estimate of drug-likeness (QED) is 0.283. The van der Waals surface area contributed by atoms with Gasteiger partial charge in [-0.25, -0.2) is 0 Å². The van der Waals surface area contributed by atoms with Crippen molar-refractivity contribution in [2.75, 3.05) is 36.2 Å². The van der Waals surface area contributed by atoms with Gasteiger partial charge in [-0.2, -0.15) is 38.2 Å². The Balaban J connectivity index is 1.70. The first-order valence-electron chi connectivity index (χ1n) is 11.6. The standard InChI is InChI=1S/C26H24F3N7O/c1-17(19-7-4-3-5-8-19)36(34-18(2)26(27,28)29)25-32-23(21-9-6-10-22-20(21)11-12-30-22)31-24(33-25)35-13-15-37-16-14-35/h3-12,30H,1,13-16H2,2H3/b34-18+. The lowest BCUT2D eigenvalue weighted by molar-refractivity contribution is -0.0594. The van der Waals surface area contributed by atoms with Crippen molar-refractivity contribution >= 4 is 34.2 Å². The van der Waals surface area contributed by atoms with Gasteiger partial charge < -0.3 is 14.6 Å². The summed E-state index contributed by atoms with van der Waals surface area (Å²) in [6.45, 7) is 6.96. The molecule has 1 aliphatic heterocycles. The molecule has 1 fully saturated rings. The maximum Gasteiger partial charge on any atom is 0.430 e. The number of rotatable bonds is 6. The molecule has 2 aromatic heterocycles. The Bertz CT molecular complexity index is 1440. The van der Waals surface area contributed by atoms with Crippen LogP contribution in [-0.2, 0) is 4.74 Å². The minimum Gasteiger partial charge on any atom is -0.378 e. The van der Waals surface area contributed by atoms with Crippen LogP contribution in [0.2, 0.25) is 0 Å². The number of nitrogens with zero attached hydrogens (tertiary/aromatic N) is 6. The van der Waals surface area contributed by atoms with Crippen molar-refractivity contribution in [3.05, 3.63) is 72.9 Å². The van der Waals surface area contributed by atoms with E-state index < -0.39 is 11.9 Å². The SMILES string of the molecule is C=C(c1ccccc1)N(/N=C(\C)C(F)(F)F)c1nc(-c2cccc3[nH]ccc23)nc(N2CCOCC2)n1. The Kier molecular flexibility index (Phi) is 6.62. The van der Waals surface area contributed by atoms with E-state index in [1.807, 2.05) is 29.2 Å². The Morgan fingerprint density at radius 3 is 2.51 bits per heavy atom. The van der Waals surface area contributed by atoms with Gasteiger partial charge in [-0.3, -0.25) is 0 Å². The number of alkyl halides is 3. The van der Waals surface area contributed by atoms with Gasteiger partial charge in [0.25, 0.3) is 5.95 Å². The number of aromatic amines is 1. The Labute approximate surface area is 211 Å². The third kappa shape index (κ3) is 5.17. The molecule has 3 heterocycles. The molecule has 0 atom stereocenters. The van der Waals surface area contributed by atoms with Gasteiger partial charge in [0.05, 0.1) is 18.9 Å². The first kappa shape index (κ1) is 24.4. The number of aromatic nitrogens is 4. The van der Waals surface area contributed by atoms with Crippen LogP contribution in [0.25, 0.3) is 28.0 Å². The molecule has 37 heavy (non-hydrogen) atoms. The van der Waals surface area contributed by atoms with Crippen LogP contribution in [0.3, 0.4) is 0 Å². The van der Waals surface area contributed by atoms with E-state index in [-0.39, 0.29) is 11.6 Å². The molecular formula is C26H24F3N7O. The Hall–Kier alpha value is -4.25. The molecular weight excluding hydrogens is 483 g/mol. The van der Waals surface area contributed by atoms with Crippen molar-refractivity contribution in [2.45, 2.75) is 13.1 Å². The third-order valence-electron chi connectivity index (χ3n) is 5.95. The first-order valence-corrected chi connectivity index (χ1v) is 11.6. The molecule has 0 unspecified atom stereocenters. The molecule has 5 rings (SSSR count). The fourth-order valence-corrected chi connectivity index (χ4v) is 3.94. The third-order valence-corrected chi connectivity index (χ3v) is 5.95. The van der Waals surface area contributed by atoms with Crippen molar-refractivity contribution in [1.29, 1.82) is 0 Å². The average molecular weight is 508 g/mol. The molecule has 0 bridgehead atoms. The summed E-state index contributed by atoms with van der Waals surface area (Å²) in [5, 5.41) is 5.79. The van der Waals surface area contributed by atoms with E-state index in [4.69, 9.17) is 9.72 Å². The van der Waals surface area contributed by atoms with Crippen molar-refractivity contribution < 1.29 is 17.9 Å². The predicted molar refractivity (Wildman–Crippen MR) is 137 cm³/mol. The number of ether oxygens (including phenoxy) is 1. The molecule has 1 N–H and O–H groups in total. The molecule has 0 radical (unpaired) electrons. The lowest BCUT2D eigenvalue weighted by Gasteiger charge is -2.28. The number of morpholine rings is 1. The molecule has 4 aromatic rings. The Morgan fingerprint density at radius 1 is 1.03 bits per heavy atom.